The number of sulfonamides is 1. The average Bonchev–Trinajstić information content (AvgIpc) is 3.26. The minimum Gasteiger partial charge on any atom is -0.497 e. The monoisotopic (exact) mass is 510 g/mol. The predicted molar refractivity (Wildman–Crippen MR) is 146 cm³/mol. The third kappa shape index (κ3) is 5.27. The molecule has 1 saturated heterocycles. The Kier molecular flexibility index (Phi) is 6.79. The van der Waals surface area contributed by atoms with Crippen molar-refractivity contribution in [3.63, 3.8) is 0 Å². The number of benzene rings is 4. The van der Waals surface area contributed by atoms with Gasteiger partial charge >= 0.3 is 6.02 Å². The van der Waals surface area contributed by atoms with Crippen molar-refractivity contribution in [2.45, 2.75) is 17.9 Å². The van der Waals surface area contributed by atoms with Crippen molar-refractivity contribution in [1.82, 2.24) is 0 Å². The number of hydrogen-bond donors (Lipinski definition) is 0. The van der Waals surface area contributed by atoms with E-state index in [0.29, 0.717) is 17.2 Å². The number of amidine groups is 1. The fourth-order valence-corrected chi connectivity index (χ4v) is 5.07. The molecule has 0 bridgehead atoms. The fourth-order valence-electron chi connectivity index (χ4n) is 4.15. The average molecular weight is 511 g/mol. The minimum atomic E-state index is -4.05. The van der Waals surface area contributed by atoms with Crippen LogP contribution in [0.15, 0.2) is 124 Å². The molecular weight excluding hydrogens is 484 g/mol. The van der Waals surface area contributed by atoms with Gasteiger partial charge < -0.3 is 9.47 Å². The van der Waals surface area contributed by atoms with Gasteiger partial charge in [0.2, 0.25) is 0 Å². The second kappa shape index (κ2) is 10.3. The third-order valence-corrected chi connectivity index (χ3v) is 7.30. The lowest BCUT2D eigenvalue weighted by Gasteiger charge is -2.24. The summed E-state index contributed by atoms with van der Waals surface area (Å²) in [5.41, 5.74) is 3.53. The second-order valence-electron chi connectivity index (χ2n) is 8.60. The van der Waals surface area contributed by atoms with Crippen molar-refractivity contribution in [3.8, 4) is 5.75 Å². The first-order valence-corrected chi connectivity index (χ1v) is 13.2. The number of anilines is 1. The van der Waals surface area contributed by atoms with Crippen LogP contribution in [0.4, 0.5) is 5.69 Å². The molecule has 4 aromatic carbocycles. The molecule has 1 unspecified atom stereocenters. The highest BCUT2D eigenvalue weighted by Crippen LogP contribution is 2.41. The lowest BCUT2D eigenvalue weighted by Crippen LogP contribution is -2.29. The first kappa shape index (κ1) is 24.3. The van der Waals surface area contributed by atoms with Crippen molar-refractivity contribution >= 4 is 27.8 Å². The summed E-state index contributed by atoms with van der Waals surface area (Å²) in [6.07, 6.45) is 1.91. The van der Waals surface area contributed by atoms with Crippen LogP contribution in [0.5, 0.6) is 5.75 Å². The lowest BCUT2D eigenvalue weighted by molar-refractivity contribution is 0.415. The molecule has 0 spiro atoms. The number of ether oxygens (including phenoxy) is 2. The predicted octanol–water partition coefficient (Wildman–Crippen LogP) is 6.37. The second-order valence-corrected chi connectivity index (χ2v) is 10.2. The van der Waals surface area contributed by atoms with Crippen molar-refractivity contribution in [3.05, 3.63) is 132 Å². The zero-order chi connectivity index (χ0) is 25.8. The highest BCUT2D eigenvalue weighted by molar-refractivity contribution is 7.90. The first-order chi connectivity index (χ1) is 17.9. The maximum Gasteiger partial charge on any atom is 0.314 e. The quantitative estimate of drug-likeness (QED) is 0.302. The molecule has 37 heavy (non-hydrogen) atoms. The zero-order valence-corrected chi connectivity index (χ0v) is 21.3. The number of hydrogen-bond acceptors (Lipinski definition) is 4. The molecule has 7 heteroatoms. The van der Waals surface area contributed by atoms with Crippen LogP contribution in [-0.2, 0) is 14.8 Å². The van der Waals surface area contributed by atoms with Gasteiger partial charge in [-0.3, -0.25) is 4.90 Å². The lowest BCUT2D eigenvalue weighted by atomic mass is 10.0. The summed E-state index contributed by atoms with van der Waals surface area (Å²) in [6, 6.07) is 33.1. The minimum absolute atomic E-state index is 0.0261. The summed E-state index contributed by atoms with van der Waals surface area (Å²) < 4.78 is 42.5. The Hall–Kier alpha value is -4.36. The van der Waals surface area contributed by atoms with Gasteiger partial charge in [0.15, 0.2) is 0 Å². The maximum absolute atomic E-state index is 13.4. The molecule has 1 aliphatic heterocycles. The van der Waals surface area contributed by atoms with Gasteiger partial charge in [0, 0.05) is 5.69 Å². The number of methoxy groups -OCH3 is 1. The van der Waals surface area contributed by atoms with E-state index in [1.54, 1.807) is 36.3 Å². The summed E-state index contributed by atoms with van der Waals surface area (Å²) in [6.45, 7) is 1.90. The molecule has 6 nitrogen and oxygen atoms in total. The van der Waals surface area contributed by atoms with Crippen LogP contribution >= 0.6 is 0 Å². The Morgan fingerprint density at radius 2 is 1.46 bits per heavy atom. The van der Waals surface area contributed by atoms with Crippen LogP contribution in [0, 0.1) is 6.92 Å². The summed E-state index contributed by atoms with van der Waals surface area (Å²) in [7, 11) is -2.45. The SMILES string of the molecule is COc1ccc(N2/C(=N\S(=O)(=O)c3ccc(C)cc3)O/C(=C\c3ccccc3)C2c2ccccc2)cc1. The Labute approximate surface area is 217 Å². The van der Waals surface area contributed by atoms with E-state index < -0.39 is 16.1 Å². The Bertz CT molecular complexity index is 1530. The van der Waals surface area contributed by atoms with E-state index in [1.807, 2.05) is 97.9 Å². The number of aryl methyl sites for hydroxylation is 1. The molecule has 1 heterocycles. The van der Waals surface area contributed by atoms with Crippen molar-refractivity contribution < 1.29 is 17.9 Å². The summed E-state index contributed by atoms with van der Waals surface area (Å²) >= 11 is 0. The van der Waals surface area contributed by atoms with Crippen LogP contribution in [0.25, 0.3) is 6.08 Å². The zero-order valence-electron chi connectivity index (χ0n) is 20.5. The molecular formula is C30H26N2O4S. The smallest absolute Gasteiger partial charge is 0.314 e. The van der Waals surface area contributed by atoms with E-state index in [2.05, 4.69) is 4.40 Å². The molecule has 1 atom stereocenters. The summed E-state index contributed by atoms with van der Waals surface area (Å²) in [5.74, 6) is 1.25. The molecule has 0 radical (unpaired) electrons. The molecule has 186 valence electrons. The van der Waals surface area contributed by atoms with Crippen molar-refractivity contribution in [2.75, 3.05) is 12.0 Å². The molecule has 0 aliphatic carbocycles. The molecule has 4 aromatic rings. The highest BCUT2D eigenvalue weighted by atomic mass is 32.2. The maximum atomic E-state index is 13.4. The summed E-state index contributed by atoms with van der Waals surface area (Å²) in [4.78, 5) is 1.90. The molecule has 0 N–H and O–H groups in total. The molecule has 0 amide bonds. The van der Waals surface area contributed by atoms with Gasteiger partial charge in [0.05, 0.1) is 12.0 Å². The van der Waals surface area contributed by atoms with E-state index in [9.17, 15) is 8.42 Å². The van der Waals surface area contributed by atoms with Crippen LogP contribution in [0.2, 0.25) is 0 Å². The molecule has 0 saturated carbocycles. The molecule has 1 fully saturated rings. The standard InChI is InChI=1S/C30H26N2O4S/c1-22-13-19-27(20-14-22)37(33,34)31-30-32(25-15-17-26(35-2)18-16-25)29(24-11-7-4-8-12-24)28(36-30)21-23-9-5-3-6-10-23/h3-21,29H,1-2H3/b28-21-,31-30+. The first-order valence-electron chi connectivity index (χ1n) is 11.8. The highest BCUT2D eigenvalue weighted by Gasteiger charge is 2.40. The number of nitrogens with zero attached hydrogens (tertiary/aromatic N) is 2. The Balaban J connectivity index is 1.69. The third-order valence-electron chi connectivity index (χ3n) is 6.03. The van der Waals surface area contributed by atoms with Gasteiger partial charge in [-0.15, -0.1) is 4.40 Å². The largest absolute Gasteiger partial charge is 0.497 e. The normalized spacial score (nSPS) is 17.7. The summed E-state index contributed by atoms with van der Waals surface area (Å²) in [5, 5.41) is 0. The van der Waals surface area contributed by atoms with E-state index in [0.717, 1.165) is 16.7 Å². The Morgan fingerprint density at radius 1 is 0.838 bits per heavy atom. The van der Waals surface area contributed by atoms with Gasteiger partial charge in [-0.25, -0.2) is 0 Å². The van der Waals surface area contributed by atoms with Crippen molar-refractivity contribution in [2.24, 2.45) is 4.40 Å². The number of rotatable bonds is 6. The van der Waals surface area contributed by atoms with Crippen molar-refractivity contribution in [1.29, 1.82) is 0 Å². The van der Waals surface area contributed by atoms with Gasteiger partial charge in [-0.05, 0) is 60.5 Å². The van der Waals surface area contributed by atoms with E-state index in [4.69, 9.17) is 9.47 Å². The molecule has 0 aromatic heterocycles. The van der Waals surface area contributed by atoms with E-state index in [1.165, 1.54) is 0 Å². The van der Waals surface area contributed by atoms with E-state index in [-0.39, 0.29) is 10.9 Å². The fraction of sp³-hybridized carbons (Fsp3) is 0.100. The van der Waals surface area contributed by atoms with Crippen LogP contribution < -0.4 is 9.64 Å². The van der Waals surface area contributed by atoms with Crippen LogP contribution in [0.1, 0.15) is 22.7 Å². The van der Waals surface area contributed by atoms with Gasteiger partial charge in [0.1, 0.15) is 17.6 Å². The van der Waals surface area contributed by atoms with E-state index >= 15 is 0 Å². The van der Waals surface area contributed by atoms with Crippen LogP contribution in [-0.4, -0.2) is 21.5 Å². The van der Waals surface area contributed by atoms with Crippen LogP contribution in [0.3, 0.4) is 0 Å². The van der Waals surface area contributed by atoms with Gasteiger partial charge in [-0.2, -0.15) is 8.42 Å². The van der Waals surface area contributed by atoms with Gasteiger partial charge in [-0.1, -0.05) is 78.4 Å². The topological polar surface area (TPSA) is 68.2 Å². The molecule has 1 aliphatic rings. The molecule has 5 rings (SSSR count). The Morgan fingerprint density at radius 3 is 2.08 bits per heavy atom. The van der Waals surface area contributed by atoms with Gasteiger partial charge in [0.25, 0.3) is 10.0 Å².